The molecule has 4 rings (SSSR count). The maximum absolute atomic E-state index is 12.7. The van der Waals surface area contributed by atoms with Gasteiger partial charge in [-0.3, -0.25) is 0 Å². The van der Waals surface area contributed by atoms with Gasteiger partial charge in [0.15, 0.2) is 11.5 Å². The van der Waals surface area contributed by atoms with Crippen molar-refractivity contribution in [2.45, 2.75) is 40.1 Å². The Hall–Kier alpha value is -3.32. The van der Waals surface area contributed by atoms with Crippen LogP contribution in [0, 0.1) is 5.41 Å². The van der Waals surface area contributed by atoms with Crippen LogP contribution < -0.4 is 9.47 Å². The predicted molar refractivity (Wildman–Crippen MR) is 137 cm³/mol. The smallest absolute Gasteiger partial charge is 0.348 e. The molecule has 0 unspecified atom stereocenters. The van der Waals surface area contributed by atoms with E-state index >= 15 is 0 Å². The maximum Gasteiger partial charge on any atom is 0.348 e. The molecule has 0 aromatic heterocycles. The molecule has 1 aliphatic heterocycles. The molecule has 0 bridgehead atoms. The minimum Gasteiger partial charge on any atom is -0.493 e. The first kappa shape index (κ1) is 24.8. The number of fused-ring (bicyclic) bond motifs is 1. The summed E-state index contributed by atoms with van der Waals surface area (Å²) in [6, 6.07) is 17.6. The Morgan fingerprint density at radius 3 is 2.31 bits per heavy atom. The number of methoxy groups -OCH3 is 1. The first-order valence-corrected chi connectivity index (χ1v) is 12.0. The van der Waals surface area contributed by atoms with E-state index in [2.05, 4.69) is 34.1 Å². The first-order chi connectivity index (χ1) is 16.5. The fourth-order valence-corrected chi connectivity index (χ4v) is 4.26. The molecule has 1 aliphatic rings. The summed E-state index contributed by atoms with van der Waals surface area (Å²) in [5, 5.41) is 2.25. The molecule has 0 atom stereocenters. The molecule has 182 valence electrons. The average molecular weight is 539 g/mol. The number of benzene rings is 3. The second kappa shape index (κ2) is 9.38. The highest BCUT2D eigenvalue weighted by Gasteiger charge is 2.50. The van der Waals surface area contributed by atoms with Crippen LogP contribution in [0.25, 0.3) is 16.8 Å². The van der Waals surface area contributed by atoms with E-state index in [9.17, 15) is 9.59 Å². The van der Waals surface area contributed by atoms with Crippen LogP contribution >= 0.6 is 15.9 Å². The van der Waals surface area contributed by atoms with Gasteiger partial charge in [0.2, 0.25) is 0 Å². The van der Waals surface area contributed by atoms with Gasteiger partial charge >= 0.3 is 11.9 Å². The van der Waals surface area contributed by atoms with Gasteiger partial charge in [0, 0.05) is 12.3 Å². The van der Waals surface area contributed by atoms with E-state index in [4.69, 9.17) is 18.9 Å². The third-order valence-corrected chi connectivity index (χ3v) is 6.78. The summed E-state index contributed by atoms with van der Waals surface area (Å²) in [6.45, 7) is 7.42. The SMILES string of the molecule is COc1cc(C=C2C(=O)OC(C)(C(C)(C)C)OC2=O)cc(Br)c1OCc1cccc2ccccc12. The highest BCUT2D eigenvalue weighted by Crippen LogP contribution is 2.41. The number of ether oxygens (including phenoxy) is 4. The molecule has 3 aromatic carbocycles. The minimum atomic E-state index is -1.35. The molecule has 1 fully saturated rings. The van der Waals surface area contributed by atoms with E-state index in [1.807, 2.05) is 45.0 Å². The van der Waals surface area contributed by atoms with Crippen molar-refractivity contribution in [2.24, 2.45) is 5.41 Å². The molecule has 0 N–H and O–H groups in total. The summed E-state index contributed by atoms with van der Waals surface area (Å²) in [7, 11) is 1.53. The average Bonchev–Trinajstić information content (AvgIpc) is 2.79. The lowest BCUT2D eigenvalue weighted by Crippen LogP contribution is -2.52. The van der Waals surface area contributed by atoms with E-state index < -0.39 is 23.1 Å². The third kappa shape index (κ3) is 4.91. The van der Waals surface area contributed by atoms with Crippen molar-refractivity contribution in [1.29, 1.82) is 0 Å². The highest BCUT2D eigenvalue weighted by molar-refractivity contribution is 9.10. The summed E-state index contributed by atoms with van der Waals surface area (Å²) >= 11 is 3.53. The van der Waals surface area contributed by atoms with Crippen molar-refractivity contribution in [3.8, 4) is 11.5 Å². The Balaban J connectivity index is 1.60. The Labute approximate surface area is 212 Å². The van der Waals surface area contributed by atoms with Gasteiger partial charge in [0.05, 0.1) is 11.6 Å². The summed E-state index contributed by atoms with van der Waals surface area (Å²) in [4.78, 5) is 25.4. The van der Waals surface area contributed by atoms with Crippen LogP contribution in [-0.2, 0) is 25.7 Å². The lowest BCUT2D eigenvalue weighted by Gasteiger charge is -2.42. The number of esters is 2. The van der Waals surface area contributed by atoms with Gasteiger partial charge in [0.1, 0.15) is 12.2 Å². The minimum absolute atomic E-state index is 0.190. The van der Waals surface area contributed by atoms with Crippen LogP contribution in [0.2, 0.25) is 0 Å². The predicted octanol–water partition coefficient (Wildman–Crippen LogP) is 6.44. The summed E-state index contributed by atoms with van der Waals surface area (Å²) < 4.78 is 23.3. The van der Waals surface area contributed by atoms with Crippen molar-refractivity contribution in [2.75, 3.05) is 7.11 Å². The van der Waals surface area contributed by atoms with Gasteiger partial charge in [-0.05, 0) is 56.0 Å². The zero-order valence-electron chi connectivity index (χ0n) is 20.3. The Morgan fingerprint density at radius 1 is 1.00 bits per heavy atom. The van der Waals surface area contributed by atoms with Crippen molar-refractivity contribution in [3.05, 3.63) is 75.8 Å². The van der Waals surface area contributed by atoms with Gasteiger partial charge in [-0.25, -0.2) is 9.59 Å². The normalized spacial score (nSPS) is 18.2. The van der Waals surface area contributed by atoms with E-state index in [1.54, 1.807) is 19.1 Å². The number of halogens is 1. The molecule has 1 heterocycles. The van der Waals surface area contributed by atoms with E-state index in [1.165, 1.54) is 13.2 Å². The third-order valence-electron chi connectivity index (χ3n) is 6.19. The highest BCUT2D eigenvalue weighted by atomic mass is 79.9. The fraction of sp³-hybridized carbons (Fsp3) is 0.286. The Morgan fingerprint density at radius 2 is 1.66 bits per heavy atom. The summed E-state index contributed by atoms with van der Waals surface area (Å²) in [6.07, 6.45) is 1.43. The topological polar surface area (TPSA) is 71.1 Å². The number of rotatable bonds is 5. The fourth-order valence-electron chi connectivity index (χ4n) is 3.69. The van der Waals surface area contributed by atoms with E-state index in [0.717, 1.165) is 16.3 Å². The molecule has 3 aromatic rings. The zero-order valence-corrected chi connectivity index (χ0v) is 21.9. The van der Waals surface area contributed by atoms with Crippen molar-refractivity contribution in [1.82, 2.24) is 0 Å². The quantitative estimate of drug-likeness (QED) is 0.211. The zero-order chi connectivity index (χ0) is 25.4. The summed E-state index contributed by atoms with van der Waals surface area (Å²) in [5.74, 6) is -1.86. The maximum atomic E-state index is 12.7. The van der Waals surface area contributed by atoms with Crippen molar-refractivity contribution in [3.63, 3.8) is 0 Å². The lowest BCUT2D eigenvalue weighted by atomic mass is 9.85. The lowest BCUT2D eigenvalue weighted by molar-refractivity contribution is -0.261. The van der Waals surface area contributed by atoms with Crippen LogP contribution in [0.15, 0.2) is 64.6 Å². The largest absolute Gasteiger partial charge is 0.493 e. The number of carbonyl (C=O) groups is 2. The van der Waals surface area contributed by atoms with Crippen LogP contribution in [0.3, 0.4) is 0 Å². The standard InChI is InChI=1S/C28H27BrO6/c1-27(2,3)28(4)34-25(30)21(26(31)35-28)13-17-14-22(29)24(23(15-17)32-5)33-16-19-11-8-10-18-9-6-7-12-20(18)19/h6-15H,16H2,1-5H3. The molecular weight excluding hydrogens is 512 g/mol. The monoisotopic (exact) mass is 538 g/mol. The molecular formula is C28H27BrO6. The van der Waals surface area contributed by atoms with Gasteiger partial charge in [0.25, 0.3) is 5.79 Å². The van der Waals surface area contributed by atoms with Crippen molar-refractivity contribution >= 4 is 44.7 Å². The second-order valence-electron chi connectivity index (χ2n) is 9.49. The van der Waals surface area contributed by atoms with Crippen molar-refractivity contribution < 1.29 is 28.5 Å². The second-order valence-corrected chi connectivity index (χ2v) is 10.3. The molecule has 0 saturated carbocycles. The first-order valence-electron chi connectivity index (χ1n) is 11.2. The van der Waals surface area contributed by atoms with Crippen LogP contribution in [0.1, 0.15) is 38.8 Å². The molecule has 1 saturated heterocycles. The molecule has 7 heteroatoms. The number of hydrogen-bond acceptors (Lipinski definition) is 6. The van der Waals surface area contributed by atoms with Crippen LogP contribution in [-0.4, -0.2) is 24.8 Å². The molecule has 0 aliphatic carbocycles. The molecule has 0 radical (unpaired) electrons. The molecule has 0 amide bonds. The van der Waals surface area contributed by atoms with E-state index in [-0.39, 0.29) is 5.57 Å². The number of carbonyl (C=O) groups excluding carboxylic acids is 2. The molecule has 0 spiro atoms. The van der Waals surface area contributed by atoms with Crippen LogP contribution in [0.4, 0.5) is 0 Å². The van der Waals surface area contributed by atoms with E-state index in [0.29, 0.717) is 28.1 Å². The van der Waals surface area contributed by atoms with Gasteiger partial charge in [-0.1, -0.05) is 63.2 Å². The number of cyclic esters (lactones) is 2. The Kier molecular flexibility index (Phi) is 6.64. The molecule has 6 nitrogen and oxygen atoms in total. The number of hydrogen-bond donors (Lipinski definition) is 0. The van der Waals surface area contributed by atoms with Gasteiger partial charge in [-0.2, -0.15) is 0 Å². The Bertz CT molecular complexity index is 1310. The molecule has 35 heavy (non-hydrogen) atoms. The van der Waals surface area contributed by atoms with Crippen LogP contribution in [0.5, 0.6) is 11.5 Å². The van der Waals surface area contributed by atoms with Gasteiger partial charge in [-0.15, -0.1) is 0 Å². The summed E-state index contributed by atoms with van der Waals surface area (Å²) in [5.41, 5.74) is 0.816. The van der Waals surface area contributed by atoms with Gasteiger partial charge < -0.3 is 18.9 Å².